The van der Waals surface area contributed by atoms with E-state index in [-0.39, 0.29) is 8.41 Å². The first-order chi connectivity index (χ1) is 2.00. The molecule has 0 aliphatic carbocycles. The van der Waals surface area contributed by atoms with Gasteiger partial charge < -0.3 is 10.2 Å². The second kappa shape index (κ2) is 156000. The molecule has 29 valence electrons. The molecule has 0 aliphatic heterocycles. The Hall–Kier alpha value is -0.0151. The van der Waals surface area contributed by atoms with Crippen LogP contribution in [0.5, 0.6) is 0 Å². The van der Waals surface area contributed by atoms with E-state index in [0.717, 1.165) is 14.2 Å². The Labute approximate surface area is 34.0 Å². The molecule has 2 nitrogen and oxygen atoms in total. The van der Waals surface area contributed by atoms with Crippen LogP contribution in [0, 0.1) is 0 Å². The van der Waals surface area contributed by atoms with Crippen molar-refractivity contribution in [3.8, 4) is 0 Å². The van der Waals surface area contributed by atoms with Gasteiger partial charge in [-0.15, -0.1) is 0 Å². The molecule has 0 heterocycles. The van der Waals surface area contributed by atoms with E-state index < -0.39 is 0 Å². The summed E-state index contributed by atoms with van der Waals surface area (Å²) in [7, 11) is 1.50. The summed E-state index contributed by atoms with van der Waals surface area (Å²) in [4.78, 5) is 0. The molecule has 5 heavy (non-hydrogen) atoms. The van der Waals surface area contributed by atoms with Gasteiger partial charge >= 0.3 is 8.41 Å². The first kappa shape index (κ1) is 20.1. The third-order valence-electron chi connectivity index (χ3n) is 0. The molecule has 0 aliphatic rings. The molecule has 0 rings (SSSR count). The molecule has 0 aromatic heterocycles. The van der Waals surface area contributed by atoms with Gasteiger partial charge in [0.15, 0.2) is 0 Å². The number of hydrogen-bond acceptors (Lipinski definition) is 2. The Morgan fingerprint density at radius 3 is 0.800 bits per heavy atom. The summed E-state index contributed by atoms with van der Waals surface area (Å²) in [5.74, 6) is 0. The predicted octanol–water partition coefficient (Wildman–Crippen LogP) is -2.43. The summed E-state index contributed by atoms with van der Waals surface area (Å²) in [5.41, 5.74) is 0. The molecule has 0 unspecified atom stereocenters. The summed E-state index contributed by atoms with van der Waals surface area (Å²) in [6.07, 6.45) is 0. The van der Waals surface area contributed by atoms with Gasteiger partial charge in [-0.3, -0.25) is 0 Å². The van der Waals surface area contributed by atoms with Crippen molar-refractivity contribution in [3.05, 3.63) is 0 Å². The fourth-order valence-electron chi connectivity index (χ4n) is 0. The Balaban J connectivity index is -0.0000000133. The van der Waals surface area contributed by atoms with Crippen molar-refractivity contribution >= 4 is 8.41 Å². The average molecular weight is 72.9 g/mol. The van der Waals surface area contributed by atoms with Crippen LogP contribution in [0.15, 0.2) is 0 Å². The first-order valence-electron chi connectivity index (χ1n) is 0.816. The molecule has 3 heteroatoms. The Bertz CT molecular complexity index is 7.61. The Morgan fingerprint density at radius 1 is 0.800 bits per heavy atom. The van der Waals surface area contributed by atoms with Crippen molar-refractivity contribution in [2.45, 2.75) is 0 Å². The monoisotopic (exact) mass is 73.0 g/mol. The van der Waals surface area contributed by atoms with Crippen LogP contribution in [0.3, 0.4) is 0 Å². The zero-order valence-corrected chi connectivity index (χ0v) is 3.39. The van der Waals surface area contributed by atoms with E-state index in [4.69, 9.17) is 10.2 Å². The molecule has 0 fully saturated rings. The molecule has 0 spiro atoms. The third-order valence-corrected chi connectivity index (χ3v) is 0. The molecule has 0 saturated carbocycles. The quantitative estimate of drug-likeness (QED) is 0.299. The van der Waals surface area contributed by atoms with Crippen LogP contribution >= 0.6 is 0 Å². The molecule has 0 aromatic carbocycles. The largest absolute Gasteiger partial charge is 2.00 e. The van der Waals surface area contributed by atoms with Crippen LogP contribution in [-0.2, 0) is 0 Å². The van der Waals surface area contributed by atoms with Crippen molar-refractivity contribution in [1.82, 2.24) is 0 Å². The summed E-state index contributed by atoms with van der Waals surface area (Å²) < 4.78 is 0. The molecule has 0 atom stereocenters. The summed E-state index contributed by atoms with van der Waals surface area (Å²) in [5, 5.41) is 16.5. The maximum absolute atomic E-state index is 8.25. The average Bonchev–Trinajstić information content (AvgIpc) is 1.50. The van der Waals surface area contributed by atoms with Gasteiger partial charge in [0.25, 0.3) is 0 Å². The summed E-state index contributed by atoms with van der Waals surface area (Å²) in [6.45, 7) is 0. The van der Waals surface area contributed by atoms with Crippen molar-refractivity contribution < 1.29 is 10.2 Å². The summed E-state index contributed by atoms with van der Waals surface area (Å²) >= 11 is 0. The molecular formula is C2H6BO2. The molecule has 1 radical (unpaired) electrons. The third kappa shape index (κ3) is 69200. The van der Waals surface area contributed by atoms with Crippen LogP contribution < -0.4 is 10.2 Å². The standard InChI is InChI=1S/2CH3O.B/c2*1-2;/h2*1H3;/q2*-1;+2. The fourth-order valence-corrected chi connectivity index (χ4v) is 0. The van der Waals surface area contributed by atoms with Crippen LogP contribution in [0.1, 0.15) is 0 Å². The second-order valence-electron chi connectivity index (χ2n) is 0. The van der Waals surface area contributed by atoms with Gasteiger partial charge in [0.2, 0.25) is 0 Å². The first-order valence-corrected chi connectivity index (χ1v) is 0.816. The smallest absolute Gasteiger partial charge is 0.857 e. The van der Waals surface area contributed by atoms with Crippen molar-refractivity contribution in [2.75, 3.05) is 14.2 Å². The topological polar surface area (TPSA) is 46.1 Å². The van der Waals surface area contributed by atoms with Gasteiger partial charge in [-0.1, -0.05) is 0 Å². The second-order valence-corrected chi connectivity index (χ2v) is 0. The van der Waals surface area contributed by atoms with Crippen LogP contribution in [0.25, 0.3) is 0 Å². The number of hydrogen-bond donors (Lipinski definition) is 0. The van der Waals surface area contributed by atoms with Crippen LogP contribution in [-0.4, -0.2) is 22.6 Å². The van der Waals surface area contributed by atoms with E-state index >= 15 is 0 Å². The van der Waals surface area contributed by atoms with Crippen LogP contribution in [0.4, 0.5) is 0 Å². The fraction of sp³-hybridized carbons (Fsp3) is 1.00. The Morgan fingerprint density at radius 2 is 0.800 bits per heavy atom. The minimum absolute atomic E-state index is 0. The van der Waals surface area contributed by atoms with Gasteiger partial charge in [-0.2, -0.15) is 14.2 Å². The van der Waals surface area contributed by atoms with Gasteiger partial charge in [0.1, 0.15) is 0 Å². The zero-order chi connectivity index (χ0) is 4.00. The molecule has 0 amide bonds. The molecule has 0 bridgehead atoms. The van der Waals surface area contributed by atoms with Gasteiger partial charge in [0, 0.05) is 0 Å². The molecule has 0 aromatic rings. The van der Waals surface area contributed by atoms with E-state index in [9.17, 15) is 0 Å². The van der Waals surface area contributed by atoms with Gasteiger partial charge in [0.05, 0.1) is 0 Å². The zero-order valence-electron chi connectivity index (χ0n) is 3.39. The molecule has 0 saturated heterocycles. The van der Waals surface area contributed by atoms with Gasteiger partial charge in [-0.25, -0.2) is 0 Å². The van der Waals surface area contributed by atoms with Crippen molar-refractivity contribution in [2.24, 2.45) is 0 Å². The maximum Gasteiger partial charge on any atom is 2.00 e. The molecule has 0 N–H and O–H groups in total. The van der Waals surface area contributed by atoms with E-state index in [1.54, 1.807) is 0 Å². The molecular weight excluding hydrogens is 66.8 g/mol. The minimum Gasteiger partial charge on any atom is -0.857 e. The minimum atomic E-state index is 0. The van der Waals surface area contributed by atoms with E-state index in [2.05, 4.69) is 0 Å². The normalized spacial score (nSPS) is 2.40. The van der Waals surface area contributed by atoms with E-state index in [0.29, 0.717) is 0 Å². The SMILES string of the molecule is C[O-].C[O-].[B+2]. The van der Waals surface area contributed by atoms with Gasteiger partial charge in [-0.05, 0) is 0 Å². The van der Waals surface area contributed by atoms with Crippen molar-refractivity contribution in [1.29, 1.82) is 0 Å². The summed E-state index contributed by atoms with van der Waals surface area (Å²) in [6, 6.07) is 0. The van der Waals surface area contributed by atoms with E-state index in [1.165, 1.54) is 0 Å². The number of rotatable bonds is 0. The maximum atomic E-state index is 8.25. The Kier molecular flexibility index (Phi) is 629000. The van der Waals surface area contributed by atoms with Crippen LogP contribution in [0.2, 0.25) is 0 Å². The predicted molar refractivity (Wildman–Crippen MR) is 17.6 cm³/mol. The van der Waals surface area contributed by atoms with Crippen molar-refractivity contribution in [3.63, 3.8) is 0 Å². The van der Waals surface area contributed by atoms with E-state index in [1.807, 2.05) is 0 Å².